The highest BCUT2D eigenvalue weighted by Crippen LogP contribution is 2.33. The minimum absolute atomic E-state index is 0.0126. The number of methoxy groups -OCH3 is 1. The van der Waals surface area contributed by atoms with Crippen molar-refractivity contribution < 1.29 is 14.3 Å². The van der Waals surface area contributed by atoms with Gasteiger partial charge in [-0.3, -0.25) is 4.79 Å². The van der Waals surface area contributed by atoms with E-state index in [4.69, 9.17) is 14.7 Å². The van der Waals surface area contributed by atoms with Crippen molar-refractivity contribution in [2.75, 3.05) is 13.7 Å². The van der Waals surface area contributed by atoms with Gasteiger partial charge >= 0.3 is 0 Å². The molecule has 122 valence electrons. The molecule has 0 N–H and O–H groups in total. The summed E-state index contributed by atoms with van der Waals surface area (Å²) in [4.78, 5) is 12.5. The van der Waals surface area contributed by atoms with Gasteiger partial charge in [0.1, 0.15) is 0 Å². The number of rotatable bonds is 7. The van der Waals surface area contributed by atoms with Gasteiger partial charge in [0.15, 0.2) is 17.3 Å². The third-order valence-electron chi connectivity index (χ3n) is 4.10. The zero-order valence-corrected chi connectivity index (χ0v) is 13.6. The molecule has 0 aliphatic heterocycles. The first kappa shape index (κ1) is 16.1. The number of nitriles is 1. The summed E-state index contributed by atoms with van der Waals surface area (Å²) in [7, 11) is 1.59. The fraction of sp³-hybridized carbons (Fsp3) is 0.300. The number of nitrogens with zero attached hydrogens (tertiary/aromatic N) is 1. The Labute approximate surface area is 141 Å². The highest BCUT2D eigenvalue weighted by molar-refractivity contribution is 5.98. The quantitative estimate of drug-likeness (QED) is 0.728. The van der Waals surface area contributed by atoms with Crippen molar-refractivity contribution in [1.82, 2.24) is 0 Å². The largest absolute Gasteiger partial charge is 0.493 e. The van der Waals surface area contributed by atoms with Crippen LogP contribution in [0.25, 0.3) is 0 Å². The van der Waals surface area contributed by atoms with E-state index in [0.717, 1.165) is 5.56 Å². The van der Waals surface area contributed by atoms with E-state index in [1.54, 1.807) is 37.4 Å². The molecule has 2 aromatic rings. The van der Waals surface area contributed by atoms with Gasteiger partial charge in [-0.2, -0.15) is 5.26 Å². The van der Waals surface area contributed by atoms with Crippen molar-refractivity contribution in [3.8, 4) is 17.6 Å². The Hall–Kier alpha value is -2.80. The van der Waals surface area contributed by atoms with Crippen LogP contribution in [0.3, 0.4) is 0 Å². The molecule has 0 bridgehead atoms. The molecule has 1 saturated carbocycles. The van der Waals surface area contributed by atoms with Crippen LogP contribution in [0.1, 0.15) is 34.3 Å². The normalized spacial score (nSPS) is 13.2. The maximum Gasteiger partial charge on any atom is 0.167 e. The second kappa shape index (κ2) is 7.18. The van der Waals surface area contributed by atoms with Crippen LogP contribution in [-0.4, -0.2) is 19.5 Å². The molecule has 0 spiro atoms. The first-order valence-corrected chi connectivity index (χ1v) is 8.02. The number of carbonyl (C=O) groups is 1. The molecule has 0 saturated heterocycles. The summed E-state index contributed by atoms with van der Waals surface area (Å²) in [6.07, 6.45) is 2.71. The Kier molecular flexibility index (Phi) is 4.81. The first-order chi connectivity index (χ1) is 11.7. The number of Topliss-reactive ketones (excluding diaryl/α,β-unsaturated/α-hetero) is 1. The third kappa shape index (κ3) is 3.94. The standard InChI is InChI=1S/C20H19NO3/c1-23-19-9-8-17(11-20(19)24-13-16-6-7-16)18(22)10-14-2-4-15(12-21)5-3-14/h2-5,8-9,11,16H,6-7,10,13H2,1H3. The molecule has 0 atom stereocenters. The highest BCUT2D eigenvalue weighted by Gasteiger charge is 2.23. The van der Waals surface area contributed by atoms with E-state index in [2.05, 4.69) is 6.07 Å². The number of carbonyl (C=O) groups excluding carboxylic acids is 1. The minimum atomic E-state index is 0.0126. The topological polar surface area (TPSA) is 59.3 Å². The SMILES string of the molecule is COc1ccc(C(=O)Cc2ccc(C#N)cc2)cc1OCC1CC1. The lowest BCUT2D eigenvalue weighted by atomic mass is 10.0. The molecule has 1 aliphatic carbocycles. The maximum atomic E-state index is 12.5. The summed E-state index contributed by atoms with van der Waals surface area (Å²) in [5.74, 6) is 1.91. The summed E-state index contributed by atoms with van der Waals surface area (Å²) in [6, 6.07) is 14.4. The summed E-state index contributed by atoms with van der Waals surface area (Å²) in [5, 5.41) is 8.82. The number of ether oxygens (including phenoxy) is 2. The fourth-order valence-corrected chi connectivity index (χ4v) is 2.44. The lowest BCUT2D eigenvalue weighted by molar-refractivity contribution is 0.0992. The van der Waals surface area contributed by atoms with Crippen molar-refractivity contribution in [2.24, 2.45) is 5.92 Å². The summed E-state index contributed by atoms with van der Waals surface area (Å²) < 4.78 is 11.1. The molecule has 0 heterocycles. The van der Waals surface area contributed by atoms with Crippen molar-refractivity contribution in [3.63, 3.8) is 0 Å². The Morgan fingerprint density at radius 1 is 1.17 bits per heavy atom. The predicted molar refractivity (Wildman–Crippen MR) is 90.4 cm³/mol. The van der Waals surface area contributed by atoms with Crippen LogP contribution in [0, 0.1) is 17.2 Å². The van der Waals surface area contributed by atoms with Gasteiger partial charge in [-0.15, -0.1) is 0 Å². The van der Waals surface area contributed by atoms with E-state index in [1.165, 1.54) is 12.8 Å². The number of hydrogen-bond donors (Lipinski definition) is 0. The average molecular weight is 321 g/mol. The number of hydrogen-bond acceptors (Lipinski definition) is 4. The minimum Gasteiger partial charge on any atom is -0.493 e. The smallest absolute Gasteiger partial charge is 0.167 e. The molecule has 1 fully saturated rings. The summed E-state index contributed by atoms with van der Waals surface area (Å²) >= 11 is 0. The van der Waals surface area contributed by atoms with Crippen LogP contribution in [0.4, 0.5) is 0 Å². The van der Waals surface area contributed by atoms with E-state index in [1.807, 2.05) is 12.1 Å². The molecular formula is C20H19NO3. The van der Waals surface area contributed by atoms with E-state index >= 15 is 0 Å². The highest BCUT2D eigenvalue weighted by atomic mass is 16.5. The van der Waals surface area contributed by atoms with Crippen molar-refractivity contribution in [3.05, 3.63) is 59.2 Å². The van der Waals surface area contributed by atoms with Crippen LogP contribution in [0.15, 0.2) is 42.5 Å². The fourth-order valence-electron chi connectivity index (χ4n) is 2.44. The van der Waals surface area contributed by atoms with Crippen LogP contribution in [-0.2, 0) is 6.42 Å². The Bertz CT molecular complexity index is 770. The zero-order valence-electron chi connectivity index (χ0n) is 13.6. The molecule has 0 aromatic heterocycles. The van der Waals surface area contributed by atoms with E-state index in [0.29, 0.717) is 41.6 Å². The Morgan fingerprint density at radius 2 is 1.92 bits per heavy atom. The lowest BCUT2D eigenvalue weighted by Crippen LogP contribution is -2.06. The van der Waals surface area contributed by atoms with Gasteiger partial charge in [0.2, 0.25) is 0 Å². The molecular weight excluding hydrogens is 302 g/mol. The average Bonchev–Trinajstić information content (AvgIpc) is 3.44. The second-order valence-electron chi connectivity index (χ2n) is 6.03. The summed E-state index contributed by atoms with van der Waals surface area (Å²) in [6.45, 7) is 0.670. The molecule has 2 aromatic carbocycles. The lowest BCUT2D eigenvalue weighted by Gasteiger charge is -2.12. The van der Waals surface area contributed by atoms with Crippen LogP contribution in [0.5, 0.6) is 11.5 Å². The monoisotopic (exact) mass is 321 g/mol. The van der Waals surface area contributed by atoms with Crippen LogP contribution < -0.4 is 9.47 Å². The molecule has 0 amide bonds. The molecule has 1 aliphatic rings. The molecule has 24 heavy (non-hydrogen) atoms. The van der Waals surface area contributed by atoms with Gasteiger partial charge in [0.05, 0.1) is 25.3 Å². The Morgan fingerprint density at radius 3 is 2.54 bits per heavy atom. The van der Waals surface area contributed by atoms with Gasteiger partial charge in [0.25, 0.3) is 0 Å². The van der Waals surface area contributed by atoms with Gasteiger partial charge in [-0.05, 0) is 54.7 Å². The maximum absolute atomic E-state index is 12.5. The second-order valence-corrected chi connectivity index (χ2v) is 6.03. The van der Waals surface area contributed by atoms with E-state index < -0.39 is 0 Å². The van der Waals surface area contributed by atoms with Gasteiger partial charge < -0.3 is 9.47 Å². The molecule has 0 unspecified atom stereocenters. The molecule has 4 nitrogen and oxygen atoms in total. The van der Waals surface area contributed by atoms with Gasteiger partial charge in [-0.1, -0.05) is 12.1 Å². The van der Waals surface area contributed by atoms with E-state index in [9.17, 15) is 4.79 Å². The molecule has 0 radical (unpaired) electrons. The zero-order chi connectivity index (χ0) is 16.9. The Balaban J connectivity index is 1.72. The summed E-state index contributed by atoms with van der Waals surface area (Å²) in [5.41, 5.74) is 2.08. The van der Waals surface area contributed by atoms with Crippen LogP contribution in [0.2, 0.25) is 0 Å². The van der Waals surface area contributed by atoms with Gasteiger partial charge in [0, 0.05) is 12.0 Å². The van der Waals surface area contributed by atoms with Crippen molar-refractivity contribution in [2.45, 2.75) is 19.3 Å². The van der Waals surface area contributed by atoms with Crippen molar-refractivity contribution in [1.29, 1.82) is 5.26 Å². The predicted octanol–water partition coefficient (Wildman–Crippen LogP) is 3.78. The molecule has 4 heteroatoms. The van der Waals surface area contributed by atoms with Gasteiger partial charge in [-0.25, -0.2) is 0 Å². The van der Waals surface area contributed by atoms with Crippen LogP contribution >= 0.6 is 0 Å². The third-order valence-corrected chi connectivity index (χ3v) is 4.10. The molecule has 3 rings (SSSR count). The first-order valence-electron chi connectivity index (χ1n) is 8.02. The number of benzene rings is 2. The van der Waals surface area contributed by atoms with E-state index in [-0.39, 0.29) is 5.78 Å². The number of ketones is 1. The van der Waals surface area contributed by atoms with Crippen molar-refractivity contribution >= 4 is 5.78 Å².